The van der Waals surface area contributed by atoms with Crippen molar-refractivity contribution in [1.29, 1.82) is 0 Å². The minimum Gasteiger partial charge on any atom is -0.334 e. The molecule has 1 fully saturated rings. The Bertz CT molecular complexity index is 3600. The Balaban J connectivity index is 1.14. The molecule has 8 aromatic rings. The summed E-state index contributed by atoms with van der Waals surface area (Å²) in [5.41, 5.74) is 25.7. The maximum atomic E-state index is 2.81. The number of hydrogen-bond donors (Lipinski definition) is 0. The van der Waals surface area contributed by atoms with Gasteiger partial charge in [0.2, 0.25) is 0 Å². The van der Waals surface area contributed by atoms with Crippen LogP contribution >= 0.6 is 0 Å². The van der Waals surface area contributed by atoms with Gasteiger partial charge < -0.3 is 14.7 Å². The molecule has 0 saturated heterocycles. The number of hydrogen-bond acceptors (Lipinski definition) is 3. The number of nitrogens with zero attached hydrogens (tertiary/aromatic N) is 3. The Kier molecular flexibility index (Phi) is 11.7. The lowest BCUT2D eigenvalue weighted by atomic mass is 9.33. The van der Waals surface area contributed by atoms with Gasteiger partial charge in [-0.2, -0.15) is 0 Å². The highest BCUT2D eigenvalue weighted by Crippen LogP contribution is 2.64. The molecule has 390 valence electrons. The van der Waals surface area contributed by atoms with Crippen molar-refractivity contribution in [3.8, 4) is 22.3 Å². The van der Waals surface area contributed by atoms with Gasteiger partial charge in [-0.15, -0.1) is 0 Å². The Morgan fingerprint density at radius 1 is 0.455 bits per heavy atom. The summed E-state index contributed by atoms with van der Waals surface area (Å²) < 4.78 is 0. The summed E-state index contributed by atoms with van der Waals surface area (Å²) in [6, 6.07) is 66.2. The van der Waals surface area contributed by atoms with Gasteiger partial charge in [-0.05, 0) is 182 Å². The van der Waals surface area contributed by atoms with E-state index in [-0.39, 0.29) is 39.3 Å². The summed E-state index contributed by atoms with van der Waals surface area (Å²) >= 11 is 0. The minimum atomic E-state index is -0.140. The molecule has 3 nitrogen and oxygen atoms in total. The van der Waals surface area contributed by atoms with Crippen molar-refractivity contribution >= 4 is 68.6 Å². The van der Waals surface area contributed by atoms with E-state index in [2.05, 4.69) is 288 Å². The fourth-order valence-corrected chi connectivity index (χ4v) is 14.1. The van der Waals surface area contributed by atoms with Crippen molar-refractivity contribution in [3.05, 3.63) is 198 Å². The van der Waals surface area contributed by atoms with Crippen LogP contribution < -0.4 is 31.1 Å². The molecular weight excluding hydrogens is 930 g/mol. The first-order chi connectivity index (χ1) is 36.3. The van der Waals surface area contributed by atoms with E-state index in [9.17, 15) is 0 Å². The normalized spacial score (nSPS) is 19.9. The number of fused-ring (bicyclic) bond motifs is 7. The maximum Gasteiger partial charge on any atom is 0.252 e. The monoisotopic (exact) mass is 1010 g/mol. The lowest BCUT2D eigenvalue weighted by molar-refractivity contribution is 0.0786. The van der Waals surface area contributed by atoms with Gasteiger partial charge in [-0.25, -0.2) is 0 Å². The average molecular weight is 1010 g/mol. The van der Waals surface area contributed by atoms with Crippen LogP contribution in [0.5, 0.6) is 0 Å². The van der Waals surface area contributed by atoms with Crippen LogP contribution in [0.1, 0.15) is 144 Å². The molecule has 0 N–H and O–H groups in total. The summed E-state index contributed by atoms with van der Waals surface area (Å²) in [5, 5.41) is 0. The molecule has 77 heavy (non-hydrogen) atoms. The van der Waals surface area contributed by atoms with Gasteiger partial charge in [0.05, 0.1) is 11.2 Å². The Morgan fingerprint density at radius 2 is 1.01 bits per heavy atom. The van der Waals surface area contributed by atoms with Gasteiger partial charge >= 0.3 is 0 Å². The van der Waals surface area contributed by atoms with Crippen LogP contribution in [0.25, 0.3) is 22.3 Å². The standard InChI is InChI=1S/C73H80BN3/c1-47-40-65-67-66(41-47)76(61-36-29-52(69(5,6)7)43-57(61)49-24-20-17-21-25-49)63-35-26-50(48-22-18-16-19-23-48)42-60(63)74(67)59-34-33-56(45-64(59)75(65)55-31-27-51(28-32-55)68(2,3)4)77-62-37-30-53(70(8,9)10)44-58(62)72(14)46-54(71(11,12)13)38-39-73(72,77)15/h16-37,40-45,54H,38-39,46H2,1-15H3. The second-order valence-electron chi connectivity index (χ2n) is 28.1. The van der Waals surface area contributed by atoms with Crippen LogP contribution in [-0.2, 0) is 21.7 Å². The number of aryl methyl sites for hydroxylation is 1. The molecule has 8 aromatic carbocycles. The zero-order valence-corrected chi connectivity index (χ0v) is 48.8. The van der Waals surface area contributed by atoms with E-state index < -0.39 is 0 Å². The highest BCUT2D eigenvalue weighted by atomic mass is 15.3. The number of rotatable bonds is 5. The third kappa shape index (κ3) is 8.21. The molecule has 0 bridgehead atoms. The average Bonchev–Trinajstić information content (AvgIpc) is 3.90. The quantitative estimate of drug-likeness (QED) is 0.159. The third-order valence-electron chi connectivity index (χ3n) is 19.0. The van der Waals surface area contributed by atoms with E-state index in [1.165, 1.54) is 125 Å². The number of anilines is 8. The summed E-state index contributed by atoms with van der Waals surface area (Å²) in [4.78, 5) is 8.06. The fourth-order valence-electron chi connectivity index (χ4n) is 14.1. The number of benzene rings is 8. The molecule has 3 unspecified atom stereocenters. The molecule has 0 radical (unpaired) electrons. The van der Waals surface area contributed by atoms with Gasteiger partial charge in [0.15, 0.2) is 0 Å². The van der Waals surface area contributed by atoms with Crippen LogP contribution in [0.3, 0.4) is 0 Å². The summed E-state index contributed by atoms with van der Waals surface area (Å²) in [6.45, 7) is 35.9. The van der Waals surface area contributed by atoms with Gasteiger partial charge in [0.25, 0.3) is 6.71 Å². The van der Waals surface area contributed by atoms with E-state index in [0.717, 1.165) is 6.42 Å². The highest BCUT2D eigenvalue weighted by molar-refractivity contribution is 7.00. The molecule has 3 aliphatic heterocycles. The largest absolute Gasteiger partial charge is 0.334 e. The summed E-state index contributed by atoms with van der Waals surface area (Å²) in [7, 11) is 0. The lowest BCUT2D eigenvalue weighted by Gasteiger charge is -2.54. The Hall–Kier alpha value is -6.78. The van der Waals surface area contributed by atoms with Crippen molar-refractivity contribution in [2.24, 2.45) is 11.3 Å². The molecule has 1 aliphatic carbocycles. The van der Waals surface area contributed by atoms with E-state index in [1.54, 1.807) is 0 Å². The maximum absolute atomic E-state index is 2.81. The van der Waals surface area contributed by atoms with Crippen molar-refractivity contribution in [3.63, 3.8) is 0 Å². The van der Waals surface area contributed by atoms with Crippen LogP contribution in [-0.4, -0.2) is 12.3 Å². The second-order valence-corrected chi connectivity index (χ2v) is 28.1. The van der Waals surface area contributed by atoms with E-state index in [1.807, 2.05) is 0 Å². The molecule has 1 saturated carbocycles. The first-order valence-electron chi connectivity index (χ1n) is 28.7. The molecule has 0 spiro atoms. The Labute approximate surface area is 462 Å². The molecular formula is C73H80BN3. The first-order valence-corrected chi connectivity index (χ1v) is 28.7. The zero-order chi connectivity index (χ0) is 54.4. The van der Waals surface area contributed by atoms with E-state index in [4.69, 9.17) is 0 Å². The van der Waals surface area contributed by atoms with Crippen LogP contribution in [0.2, 0.25) is 0 Å². The summed E-state index contributed by atoms with van der Waals surface area (Å²) in [6.07, 6.45) is 3.50. The minimum absolute atomic E-state index is 0.0167. The highest BCUT2D eigenvalue weighted by Gasteiger charge is 2.60. The molecule has 0 amide bonds. The van der Waals surface area contributed by atoms with Crippen LogP contribution in [0, 0.1) is 18.3 Å². The second kappa shape index (κ2) is 17.6. The van der Waals surface area contributed by atoms with Gasteiger partial charge in [0.1, 0.15) is 0 Å². The van der Waals surface area contributed by atoms with Gasteiger partial charge in [0, 0.05) is 50.8 Å². The molecule has 3 atom stereocenters. The molecule has 0 aromatic heterocycles. The van der Waals surface area contributed by atoms with Crippen LogP contribution in [0.4, 0.5) is 45.5 Å². The first kappa shape index (κ1) is 51.0. The van der Waals surface area contributed by atoms with Crippen LogP contribution in [0.15, 0.2) is 170 Å². The van der Waals surface area contributed by atoms with Crippen molar-refractivity contribution < 1.29 is 0 Å². The molecule has 4 aliphatic rings. The smallest absolute Gasteiger partial charge is 0.252 e. The lowest BCUT2D eigenvalue weighted by Crippen LogP contribution is -2.61. The third-order valence-corrected chi connectivity index (χ3v) is 19.0. The predicted octanol–water partition coefficient (Wildman–Crippen LogP) is 18.3. The topological polar surface area (TPSA) is 9.72 Å². The van der Waals surface area contributed by atoms with Gasteiger partial charge in [-0.1, -0.05) is 199 Å². The SMILES string of the molecule is Cc1cc2c3c(c1)N(c1ccc(C(C)(C)C)cc1-c1ccccc1)c1ccc(-c4ccccc4)cc1B3c1ccc(N3c4ccc(C(C)(C)C)cc4C4(C)CC(C(C)(C)C)CCC34C)cc1N2c1ccc(C(C)(C)C)cc1. The van der Waals surface area contributed by atoms with E-state index in [0.29, 0.717) is 5.92 Å². The molecule has 12 rings (SSSR count). The fraction of sp³-hybridized carbons (Fsp3) is 0.342. The van der Waals surface area contributed by atoms with Crippen molar-refractivity contribution in [2.75, 3.05) is 14.7 Å². The van der Waals surface area contributed by atoms with Gasteiger partial charge in [-0.3, -0.25) is 0 Å². The van der Waals surface area contributed by atoms with Crippen molar-refractivity contribution in [2.45, 2.75) is 150 Å². The van der Waals surface area contributed by atoms with E-state index >= 15 is 0 Å². The Morgan fingerprint density at radius 3 is 1.64 bits per heavy atom. The van der Waals surface area contributed by atoms with Crippen molar-refractivity contribution in [1.82, 2.24) is 0 Å². The molecule has 4 heteroatoms. The predicted molar refractivity (Wildman–Crippen MR) is 333 cm³/mol. The molecule has 3 heterocycles. The summed E-state index contributed by atoms with van der Waals surface area (Å²) in [5.74, 6) is 0.627. The zero-order valence-electron chi connectivity index (χ0n) is 48.8.